The smallest absolute Gasteiger partial charge is 0.407 e. The summed E-state index contributed by atoms with van der Waals surface area (Å²) in [5.74, 6) is 0.620. The summed E-state index contributed by atoms with van der Waals surface area (Å²) >= 11 is 0. The van der Waals surface area contributed by atoms with Crippen LogP contribution >= 0.6 is 0 Å². The molecule has 0 aliphatic carbocycles. The maximum atomic E-state index is 12.5. The molecule has 0 saturated carbocycles. The number of alkyl carbamates (subject to hydrolysis) is 1. The van der Waals surface area contributed by atoms with Crippen molar-refractivity contribution >= 4 is 17.1 Å². The number of hydrogen-bond donors (Lipinski definition) is 2. The fraction of sp³-hybridized carbons (Fsp3) is 0.333. The van der Waals surface area contributed by atoms with E-state index in [-0.39, 0.29) is 28.8 Å². The van der Waals surface area contributed by atoms with Gasteiger partial charge in [0, 0.05) is 36.9 Å². The second-order valence-corrected chi connectivity index (χ2v) is 7.58. The van der Waals surface area contributed by atoms with Gasteiger partial charge in [0.05, 0.1) is 13.2 Å². The van der Waals surface area contributed by atoms with E-state index in [1.807, 2.05) is 49.3 Å². The summed E-state index contributed by atoms with van der Waals surface area (Å²) in [5, 5.41) is 13.1. The standard InChI is InChI=1S/C24H28N2O6/c1-26(2)11-10-25-24(29)31-13-7-6-12-30-18-14-19(27)23-20(28)16-21(32-22(23)15-18)17-8-4-3-5-9-17/h3-5,8-9,14-16,27H,6-7,10-13H2,1-2H3,(H,25,29). The van der Waals surface area contributed by atoms with Gasteiger partial charge in [-0.1, -0.05) is 30.3 Å². The summed E-state index contributed by atoms with van der Waals surface area (Å²) < 4.78 is 16.7. The number of carbonyl (C=O) groups excluding carboxylic acids is 1. The number of amides is 1. The van der Waals surface area contributed by atoms with Crippen molar-refractivity contribution in [3.05, 3.63) is 58.8 Å². The number of aromatic hydroxyl groups is 1. The molecule has 0 unspecified atom stereocenters. The summed E-state index contributed by atoms with van der Waals surface area (Å²) in [6.07, 6.45) is 0.850. The number of phenols is 1. The van der Waals surface area contributed by atoms with Crippen LogP contribution in [0.15, 0.2) is 57.7 Å². The topological polar surface area (TPSA) is 101 Å². The number of ether oxygens (including phenoxy) is 2. The van der Waals surface area contributed by atoms with Gasteiger partial charge in [-0.25, -0.2) is 4.79 Å². The summed E-state index contributed by atoms with van der Waals surface area (Å²) in [6.45, 7) is 1.92. The van der Waals surface area contributed by atoms with Gasteiger partial charge in [0.25, 0.3) is 0 Å². The van der Waals surface area contributed by atoms with Gasteiger partial charge in [0.1, 0.15) is 28.2 Å². The van der Waals surface area contributed by atoms with Crippen molar-refractivity contribution in [1.29, 1.82) is 0 Å². The minimum atomic E-state index is -0.434. The van der Waals surface area contributed by atoms with Crippen LogP contribution in [0.5, 0.6) is 11.5 Å². The molecule has 0 atom stereocenters. The number of phenolic OH excluding ortho intramolecular Hbond substituents is 1. The van der Waals surface area contributed by atoms with E-state index in [0.717, 1.165) is 12.1 Å². The van der Waals surface area contributed by atoms with Crippen LogP contribution < -0.4 is 15.5 Å². The van der Waals surface area contributed by atoms with Crippen molar-refractivity contribution in [2.75, 3.05) is 40.4 Å². The first-order chi connectivity index (χ1) is 15.4. The molecule has 170 valence electrons. The van der Waals surface area contributed by atoms with Crippen LogP contribution in [0.2, 0.25) is 0 Å². The molecule has 0 saturated heterocycles. The normalized spacial score (nSPS) is 11.0. The van der Waals surface area contributed by atoms with Gasteiger partial charge >= 0.3 is 6.09 Å². The van der Waals surface area contributed by atoms with Gasteiger partial charge < -0.3 is 29.2 Å². The Kier molecular flexibility index (Phi) is 8.10. The lowest BCUT2D eigenvalue weighted by molar-refractivity contribution is 0.141. The molecule has 1 amide bonds. The van der Waals surface area contributed by atoms with E-state index in [1.165, 1.54) is 12.1 Å². The molecule has 8 heteroatoms. The van der Waals surface area contributed by atoms with E-state index < -0.39 is 6.09 Å². The van der Waals surface area contributed by atoms with Crippen LogP contribution in [0, 0.1) is 0 Å². The first kappa shape index (κ1) is 23.1. The van der Waals surface area contributed by atoms with Crippen molar-refractivity contribution in [3.63, 3.8) is 0 Å². The first-order valence-corrected chi connectivity index (χ1v) is 10.5. The van der Waals surface area contributed by atoms with Crippen LogP contribution in [0.25, 0.3) is 22.3 Å². The number of fused-ring (bicyclic) bond motifs is 1. The summed E-state index contributed by atoms with van der Waals surface area (Å²) in [4.78, 5) is 26.0. The second kappa shape index (κ2) is 11.2. The van der Waals surface area contributed by atoms with E-state index in [1.54, 1.807) is 6.07 Å². The third kappa shape index (κ3) is 6.49. The molecule has 32 heavy (non-hydrogen) atoms. The number of nitrogens with zero attached hydrogens (tertiary/aromatic N) is 1. The van der Waals surface area contributed by atoms with Crippen LogP contribution in [0.4, 0.5) is 4.79 Å². The number of hydrogen-bond acceptors (Lipinski definition) is 7. The number of likely N-dealkylation sites (N-methyl/N-ethyl adjacent to an activating group) is 1. The Balaban J connectivity index is 1.53. The van der Waals surface area contributed by atoms with Gasteiger partial charge in [-0.15, -0.1) is 0 Å². The number of carbonyl (C=O) groups is 1. The van der Waals surface area contributed by atoms with E-state index >= 15 is 0 Å². The molecule has 0 radical (unpaired) electrons. The highest BCUT2D eigenvalue weighted by Gasteiger charge is 2.13. The third-order valence-electron chi connectivity index (χ3n) is 4.71. The Morgan fingerprint density at radius 2 is 1.84 bits per heavy atom. The molecular formula is C24H28N2O6. The quantitative estimate of drug-likeness (QED) is 0.465. The fourth-order valence-corrected chi connectivity index (χ4v) is 3.06. The highest BCUT2D eigenvalue weighted by Crippen LogP contribution is 2.31. The molecule has 0 fully saturated rings. The largest absolute Gasteiger partial charge is 0.507 e. The zero-order chi connectivity index (χ0) is 22.9. The van der Waals surface area contributed by atoms with Crippen molar-refractivity contribution < 1.29 is 23.8 Å². The predicted octanol–water partition coefficient (Wildman–Crippen LogP) is 3.61. The van der Waals surface area contributed by atoms with Gasteiger partial charge in [0.2, 0.25) is 0 Å². The SMILES string of the molecule is CN(C)CCNC(=O)OCCCCOc1cc(O)c2c(=O)cc(-c3ccccc3)oc2c1. The van der Waals surface area contributed by atoms with Crippen molar-refractivity contribution in [2.24, 2.45) is 0 Å². The van der Waals surface area contributed by atoms with Crippen LogP contribution in [0.3, 0.4) is 0 Å². The molecule has 0 bridgehead atoms. The van der Waals surface area contributed by atoms with E-state index in [2.05, 4.69) is 5.32 Å². The van der Waals surface area contributed by atoms with Gasteiger partial charge in [-0.3, -0.25) is 4.79 Å². The predicted molar refractivity (Wildman–Crippen MR) is 122 cm³/mol. The number of rotatable bonds is 10. The molecule has 0 spiro atoms. The average Bonchev–Trinajstić information content (AvgIpc) is 2.76. The van der Waals surface area contributed by atoms with E-state index in [4.69, 9.17) is 13.9 Å². The lowest BCUT2D eigenvalue weighted by Gasteiger charge is -2.11. The Labute approximate surface area is 186 Å². The maximum Gasteiger partial charge on any atom is 0.407 e. The molecule has 0 aliphatic heterocycles. The van der Waals surface area contributed by atoms with Crippen LogP contribution in [-0.2, 0) is 4.74 Å². The molecular weight excluding hydrogens is 412 g/mol. The fourth-order valence-electron chi connectivity index (χ4n) is 3.06. The lowest BCUT2D eigenvalue weighted by atomic mass is 10.1. The summed E-state index contributed by atoms with van der Waals surface area (Å²) in [7, 11) is 3.86. The van der Waals surface area contributed by atoms with Crippen LogP contribution in [0.1, 0.15) is 12.8 Å². The van der Waals surface area contributed by atoms with Crippen molar-refractivity contribution in [3.8, 4) is 22.8 Å². The first-order valence-electron chi connectivity index (χ1n) is 10.5. The minimum absolute atomic E-state index is 0.116. The van der Waals surface area contributed by atoms with Crippen molar-refractivity contribution in [2.45, 2.75) is 12.8 Å². The highest BCUT2D eigenvalue weighted by molar-refractivity contribution is 5.86. The number of nitrogens with one attached hydrogen (secondary N) is 1. The van der Waals surface area contributed by atoms with Crippen LogP contribution in [-0.4, -0.2) is 56.5 Å². The maximum absolute atomic E-state index is 12.5. The lowest BCUT2D eigenvalue weighted by Crippen LogP contribution is -2.31. The molecule has 2 aromatic carbocycles. The van der Waals surface area contributed by atoms with Gasteiger partial charge in [0.15, 0.2) is 5.43 Å². The highest BCUT2D eigenvalue weighted by atomic mass is 16.5. The molecule has 1 aromatic heterocycles. The van der Waals surface area contributed by atoms with E-state index in [9.17, 15) is 14.7 Å². The molecule has 3 rings (SSSR count). The summed E-state index contributed by atoms with van der Waals surface area (Å²) in [5.41, 5.74) is 0.697. The molecule has 1 heterocycles. The zero-order valence-corrected chi connectivity index (χ0v) is 18.3. The van der Waals surface area contributed by atoms with Crippen molar-refractivity contribution in [1.82, 2.24) is 10.2 Å². The minimum Gasteiger partial charge on any atom is -0.507 e. The van der Waals surface area contributed by atoms with E-state index in [0.29, 0.717) is 37.5 Å². The third-order valence-corrected chi connectivity index (χ3v) is 4.71. The Morgan fingerprint density at radius 3 is 2.59 bits per heavy atom. The molecule has 8 nitrogen and oxygen atoms in total. The number of benzene rings is 2. The Hall–Kier alpha value is -3.52. The van der Waals surface area contributed by atoms with Gasteiger partial charge in [-0.2, -0.15) is 0 Å². The Bertz CT molecular complexity index is 1090. The monoisotopic (exact) mass is 440 g/mol. The Morgan fingerprint density at radius 1 is 1.09 bits per heavy atom. The zero-order valence-electron chi connectivity index (χ0n) is 18.3. The average molecular weight is 440 g/mol. The van der Waals surface area contributed by atoms with Gasteiger partial charge in [-0.05, 0) is 26.9 Å². The molecule has 0 aliphatic rings. The number of unbranched alkanes of at least 4 members (excludes halogenated alkanes) is 1. The molecule has 3 aromatic rings. The molecule has 2 N–H and O–H groups in total. The summed E-state index contributed by atoms with van der Waals surface area (Å²) in [6, 6.07) is 13.6. The second-order valence-electron chi connectivity index (χ2n) is 7.58.